The van der Waals surface area contributed by atoms with E-state index in [0.29, 0.717) is 0 Å². The first kappa shape index (κ1) is 11.9. The highest BCUT2D eigenvalue weighted by molar-refractivity contribution is 7.18. The van der Waals surface area contributed by atoms with Crippen LogP contribution in [0.5, 0.6) is 0 Å². The van der Waals surface area contributed by atoms with Gasteiger partial charge in [0, 0.05) is 10.9 Å². The molecule has 3 rings (SSSR count). The van der Waals surface area contributed by atoms with Crippen molar-refractivity contribution in [2.75, 3.05) is 0 Å². The maximum atomic E-state index is 12.5. The lowest BCUT2D eigenvalue weighted by atomic mass is 9.89. The summed E-state index contributed by atoms with van der Waals surface area (Å²) in [4.78, 5) is 19.3. The summed E-state index contributed by atoms with van der Waals surface area (Å²) < 4.78 is 1.74. The van der Waals surface area contributed by atoms with Crippen LogP contribution in [0.2, 0.25) is 0 Å². The minimum absolute atomic E-state index is 0.141. The van der Waals surface area contributed by atoms with Gasteiger partial charge in [0.25, 0.3) is 5.56 Å². The van der Waals surface area contributed by atoms with Crippen molar-refractivity contribution in [3.8, 4) is 0 Å². The van der Waals surface area contributed by atoms with Gasteiger partial charge >= 0.3 is 0 Å². The smallest absolute Gasteiger partial charge is 0.262 e. The van der Waals surface area contributed by atoms with E-state index < -0.39 is 0 Å². The molecule has 0 radical (unpaired) electrons. The van der Waals surface area contributed by atoms with E-state index in [4.69, 9.17) is 0 Å². The molecule has 0 unspecified atom stereocenters. The first-order chi connectivity index (χ1) is 8.58. The second kappa shape index (κ2) is 4.19. The monoisotopic (exact) mass is 262 g/mol. The van der Waals surface area contributed by atoms with E-state index in [9.17, 15) is 4.79 Å². The molecular formula is C14H18N2OS. The largest absolute Gasteiger partial charge is 0.296 e. The van der Waals surface area contributed by atoms with Crippen LogP contribution in [0.4, 0.5) is 0 Å². The molecule has 0 amide bonds. The average Bonchev–Trinajstić information content (AvgIpc) is 2.66. The number of aryl methyl sites for hydroxylation is 1. The van der Waals surface area contributed by atoms with Gasteiger partial charge in [-0.25, -0.2) is 4.98 Å². The molecule has 0 aromatic carbocycles. The topological polar surface area (TPSA) is 34.9 Å². The molecule has 0 saturated heterocycles. The van der Waals surface area contributed by atoms with Gasteiger partial charge in [0.1, 0.15) is 4.83 Å². The summed E-state index contributed by atoms with van der Waals surface area (Å²) in [6, 6.07) is 0.174. The van der Waals surface area contributed by atoms with E-state index in [1.54, 1.807) is 22.2 Å². The fourth-order valence-corrected chi connectivity index (χ4v) is 4.05. The Morgan fingerprint density at radius 3 is 3.00 bits per heavy atom. The third-order valence-corrected chi connectivity index (χ3v) is 4.96. The molecule has 0 aliphatic heterocycles. The number of rotatable bonds is 1. The SMILES string of the molecule is CC(C)n1cnc2sc3c(c2c1=O)CC[C@H](C)C3. The van der Waals surface area contributed by atoms with Crippen LogP contribution >= 0.6 is 11.3 Å². The van der Waals surface area contributed by atoms with Crippen molar-refractivity contribution in [3.05, 3.63) is 27.1 Å². The Bertz CT molecular complexity index is 654. The zero-order chi connectivity index (χ0) is 12.9. The summed E-state index contributed by atoms with van der Waals surface area (Å²) in [7, 11) is 0. The molecular weight excluding hydrogens is 244 g/mol. The van der Waals surface area contributed by atoms with Crippen molar-refractivity contribution in [2.24, 2.45) is 5.92 Å². The molecule has 0 N–H and O–H groups in total. The minimum Gasteiger partial charge on any atom is -0.296 e. The summed E-state index contributed by atoms with van der Waals surface area (Å²) in [5, 5.41) is 0.887. The van der Waals surface area contributed by atoms with Crippen molar-refractivity contribution in [1.29, 1.82) is 0 Å². The van der Waals surface area contributed by atoms with Crippen LogP contribution in [0, 0.1) is 5.92 Å². The second-order valence-corrected chi connectivity index (χ2v) is 6.67. The Balaban J connectivity index is 2.28. The maximum absolute atomic E-state index is 12.5. The number of hydrogen-bond acceptors (Lipinski definition) is 3. The fourth-order valence-electron chi connectivity index (χ4n) is 2.71. The number of fused-ring (bicyclic) bond motifs is 3. The van der Waals surface area contributed by atoms with E-state index in [1.165, 1.54) is 16.9 Å². The second-order valence-electron chi connectivity index (χ2n) is 5.58. The Hall–Kier alpha value is -1.16. The highest BCUT2D eigenvalue weighted by Gasteiger charge is 2.23. The van der Waals surface area contributed by atoms with E-state index >= 15 is 0 Å². The third kappa shape index (κ3) is 1.70. The molecule has 0 fully saturated rings. The lowest BCUT2D eigenvalue weighted by Crippen LogP contribution is -2.23. The fraction of sp³-hybridized carbons (Fsp3) is 0.571. The molecule has 2 aromatic heterocycles. The highest BCUT2D eigenvalue weighted by Crippen LogP contribution is 2.35. The summed E-state index contributed by atoms with van der Waals surface area (Å²) in [5.74, 6) is 0.734. The minimum atomic E-state index is 0.141. The number of thiophene rings is 1. The first-order valence-corrected chi connectivity index (χ1v) is 7.41. The van der Waals surface area contributed by atoms with Gasteiger partial charge in [0.05, 0.1) is 11.7 Å². The molecule has 0 bridgehead atoms. The van der Waals surface area contributed by atoms with Crippen molar-refractivity contribution in [1.82, 2.24) is 9.55 Å². The molecule has 4 heteroatoms. The van der Waals surface area contributed by atoms with Gasteiger partial charge in [0.2, 0.25) is 0 Å². The van der Waals surface area contributed by atoms with Crippen LogP contribution in [-0.4, -0.2) is 9.55 Å². The lowest BCUT2D eigenvalue weighted by Gasteiger charge is -2.17. The quantitative estimate of drug-likeness (QED) is 0.791. The molecule has 18 heavy (non-hydrogen) atoms. The molecule has 0 spiro atoms. The van der Waals surface area contributed by atoms with Crippen LogP contribution in [0.3, 0.4) is 0 Å². The van der Waals surface area contributed by atoms with E-state index in [2.05, 4.69) is 11.9 Å². The van der Waals surface area contributed by atoms with Crippen molar-refractivity contribution < 1.29 is 0 Å². The van der Waals surface area contributed by atoms with Gasteiger partial charge in [-0.2, -0.15) is 0 Å². The molecule has 2 aromatic rings. The van der Waals surface area contributed by atoms with Crippen molar-refractivity contribution in [3.63, 3.8) is 0 Å². The van der Waals surface area contributed by atoms with Crippen molar-refractivity contribution in [2.45, 2.75) is 46.1 Å². The average molecular weight is 262 g/mol. The van der Waals surface area contributed by atoms with Crippen LogP contribution in [0.1, 0.15) is 43.7 Å². The van der Waals surface area contributed by atoms with Crippen LogP contribution in [0.25, 0.3) is 10.2 Å². The van der Waals surface area contributed by atoms with Crippen LogP contribution in [-0.2, 0) is 12.8 Å². The molecule has 0 saturated carbocycles. The summed E-state index contributed by atoms with van der Waals surface area (Å²) >= 11 is 1.71. The standard InChI is InChI=1S/C14H18N2OS/c1-8(2)16-7-15-13-12(14(16)17)10-5-4-9(3)6-11(10)18-13/h7-9H,4-6H2,1-3H3/t9-/m0/s1. The Morgan fingerprint density at radius 2 is 2.28 bits per heavy atom. The van der Waals surface area contributed by atoms with Gasteiger partial charge in [-0.15, -0.1) is 11.3 Å². The van der Waals surface area contributed by atoms with Gasteiger partial charge in [-0.3, -0.25) is 9.36 Å². The van der Waals surface area contributed by atoms with E-state index in [-0.39, 0.29) is 11.6 Å². The number of hydrogen-bond donors (Lipinski definition) is 0. The summed E-state index contributed by atoms with van der Waals surface area (Å²) in [6.07, 6.45) is 5.03. The predicted octanol–water partition coefficient (Wildman–Crippen LogP) is 3.16. The van der Waals surface area contributed by atoms with Crippen molar-refractivity contribution >= 4 is 21.6 Å². The predicted molar refractivity (Wildman–Crippen MR) is 75.5 cm³/mol. The van der Waals surface area contributed by atoms with Gasteiger partial charge in [-0.1, -0.05) is 6.92 Å². The first-order valence-electron chi connectivity index (χ1n) is 6.59. The Kier molecular flexibility index (Phi) is 2.77. The zero-order valence-electron chi connectivity index (χ0n) is 11.1. The molecule has 1 atom stereocenters. The normalized spacial score (nSPS) is 19.4. The van der Waals surface area contributed by atoms with Gasteiger partial charge < -0.3 is 0 Å². The third-order valence-electron chi connectivity index (χ3n) is 3.80. The summed E-state index contributed by atoms with van der Waals surface area (Å²) in [6.45, 7) is 6.33. The molecule has 96 valence electrons. The molecule has 3 nitrogen and oxygen atoms in total. The zero-order valence-corrected chi connectivity index (χ0v) is 11.9. The lowest BCUT2D eigenvalue weighted by molar-refractivity contribution is 0.508. The highest BCUT2D eigenvalue weighted by atomic mass is 32.1. The number of aromatic nitrogens is 2. The molecule has 1 aliphatic carbocycles. The van der Waals surface area contributed by atoms with Gasteiger partial charge in [0.15, 0.2) is 0 Å². The Morgan fingerprint density at radius 1 is 1.50 bits per heavy atom. The van der Waals surface area contributed by atoms with Crippen LogP contribution in [0.15, 0.2) is 11.1 Å². The maximum Gasteiger partial charge on any atom is 0.262 e. The van der Waals surface area contributed by atoms with Crippen LogP contribution < -0.4 is 5.56 Å². The Labute approximate surface area is 110 Å². The summed E-state index contributed by atoms with van der Waals surface area (Å²) in [5.41, 5.74) is 1.42. The van der Waals surface area contributed by atoms with Gasteiger partial charge in [-0.05, 0) is 44.6 Å². The molecule has 2 heterocycles. The van der Waals surface area contributed by atoms with E-state index in [1.807, 2.05) is 13.8 Å². The van der Waals surface area contributed by atoms with E-state index in [0.717, 1.165) is 29.0 Å². The molecule has 1 aliphatic rings. The number of nitrogens with zero attached hydrogens (tertiary/aromatic N) is 2.